The van der Waals surface area contributed by atoms with Gasteiger partial charge in [0.05, 0.1) is 4.90 Å². The van der Waals surface area contributed by atoms with Gasteiger partial charge in [0.2, 0.25) is 10.0 Å². The number of anilines is 1. The molecule has 1 heterocycles. The average Bonchev–Trinajstić information content (AvgIpc) is 2.77. The molecule has 6 heteroatoms. The SMILES string of the molecule is Cc1cscc1CNS(=O)(=O)c1cc(N)cc(C)c1C. The maximum atomic E-state index is 12.4. The molecule has 0 unspecified atom stereocenters. The number of hydrogen-bond acceptors (Lipinski definition) is 4. The molecule has 0 amide bonds. The summed E-state index contributed by atoms with van der Waals surface area (Å²) in [6.45, 7) is 5.91. The largest absolute Gasteiger partial charge is 0.399 e. The average molecular weight is 310 g/mol. The quantitative estimate of drug-likeness (QED) is 0.853. The van der Waals surface area contributed by atoms with Crippen LogP contribution in [0.15, 0.2) is 27.8 Å². The number of aryl methyl sites for hydroxylation is 2. The lowest BCUT2D eigenvalue weighted by Crippen LogP contribution is -2.24. The van der Waals surface area contributed by atoms with Gasteiger partial charge in [-0.1, -0.05) is 0 Å². The summed E-state index contributed by atoms with van der Waals surface area (Å²) in [5.74, 6) is 0. The van der Waals surface area contributed by atoms with Gasteiger partial charge in [0.1, 0.15) is 0 Å². The fraction of sp³-hybridized carbons (Fsp3) is 0.286. The van der Waals surface area contributed by atoms with Crippen LogP contribution in [-0.2, 0) is 16.6 Å². The molecule has 0 aliphatic carbocycles. The van der Waals surface area contributed by atoms with Crippen molar-refractivity contribution in [3.05, 3.63) is 45.1 Å². The molecule has 0 atom stereocenters. The third-order valence-electron chi connectivity index (χ3n) is 3.35. The zero-order valence-corrected chi connectivity index (χ0v) is 13.4. The minimum Gasteiger partial charge on any atom is -0.399 e. The van der Waals surface area contributed by atoms with Crippen LogP contribution in [0.5, 0.6) is 0 Å². The van der Waals surface area contributed by atoms with Crippen LogP contribution >= 0.6 is 11.3 Å². The van der Waals surface area contributed by atoms with E-state index in [1.807, 2.05) is 24.6 Å². The van der Waals surface area contributed by atoms with Crippen molar-refractivity contribution in [3.8, 4) is 0 Å². The first-order chi connectivity index (χ1) is 9.31. The second-order valence-corrected chi connectivity index (χ2v) is 7.34. The number of nitrogen functional groups attached to an aromatic ring is 1. The summed E-state index contributed by atoms with van der Waals surface area (Å²) in [5, 5.41) is 3.95. The molecule has 1 aromatic carbocycles. The minimum absolute atomic E-state index is 0.253. The number of rotatable bonds is 4. The molecular formula is C14H18N2O2S2. The molecule has 1 aromatic heterocycles. The second kappa shape index (κ2) is 5.55. The van der Waals surface area contributed by atoms with Crippen LogP contribution in [0.25, 0.3) is 0 Å². The van der Waals surface area contributed by atoms with Crippen LogP contribution in [-0.4, -0.2) is 8.42 Å². The Balaban J connectivity index is 2.29. The highest BCUT2D eigenvalue weighted by Crippen LogP contribution is 2.23. The van der Waals surface area contributed by atoms with Crippen molar-refractivity contribution < 1.29 is 8.42 Å². The predicted octanol–water partition coefficient (Wildman–Crippen LogP) is 2.73. The highest BCUT2D eigenvalue weighted by Gasteiger charge is 2.18. The zero-order valence-electron chi connectivity index (χ0n) is 11.7. The summed E-state index contributed by atoms with van der Waals surface area (Å²) >= 11 is 1.57. The van der Waals surface area contributed by atoms with Crippen LogP contribution in [0, 0.1) is 20.8 Å². The lowest BCUT2D eigenvalue weighted by atomic mass is 10.1. The molecule has 2 aromatic rings. The number of thiophene rings is 1. The Morgan fingerprint density at radius 1 is 1.15 bits per heavy atom. The lowest BCUT2D eigenvalue weighted by Gasteiger charge is -2.12. The lowest BCUT2D eigenvalue weighted by molar-refractivity contribution is 0.580. The molecule has 3 N–H and O–H groups in total. The second-order valence-electron chi connectivity index (χ2n) is 4.87. The van der Waals surface area contributed by atoms with E-state index in [2.05, 4.69) is 4.72 Å². The normalized spacial score (nSPS) is 11.8. The number of sulfonamides is 1. The van der Waals surface area contributed by atoms with Crippen molar-refractivity contribution in [2.75, 3.05) is 5.73 Å². The highest BCUT2D eigenvalue weighted by atomic mass is 32.2. The van der Waals surface area contributed by atoms with Crippen molar-refractivity contribution in [2.24, 2.45) is 0 Å². The Bertz CT molecular complexity index is 734. The Morgan fingerprint density at radius 2 is 1.85 bits per heavy atom. The monoisotopic (exact) mass is 310 g/mol. The molecule has 0 bridgehead atoms. The van der Waals surface area contributed by atoms with Gasteiger partial charge < -0.3 is 5.73 Å². The topological polar surface area (TPSA) is 72.2 Å². The van der Waals surface area contributed by atoms with Gasteiger partial charge in [-0.05, 0) is 65.9 Å². The molecule has 2 rings (SSSR count). The van der Waals surface area contributed by atoms with Crippen molar-refractivity contribution >= 4 is 27.0 Å². The van der Waals surface area contributed by atoms with E-state index in [4.69, 9.17) is 5.73 Å². The first-order valence-electron chi connectivity index (χ1n) is 6.19. The van der Waals surface area contributed by atoms with E-state index < -0.39 is 10.0 Å². The van der Waals surface area contributed by atoms with E-state index >= 15 is 0 Å². The number of nitrogens with two attached hydrogens (primary N) is 1. The summed E-state index contributed by atoms with van der Waals surface area (Å²) < 4.78 is 27.4. The van der Waals surface area contributed by atoms with Gasteiger partial charge in [-0.3, -0.25) is 0 Å². The van der Waals surface area contributed by atoms with Crippen LogP contribution in [0.3, 0.4) is 0 Å². The van der Waals surface area contributed by atoms with E-state index in [1.165, 1.54) is 6.07 Å². The summed E-state index contributed by atoms with van der Waals surface area (Å²) in [6, 6.07) is 3.28. The van der Waals surface area contributed by atoms with E-state index in [9.17, 15) is 8.42 Å². The zero-order chi connectivity index (χ0) is 14.9. The number of nitrogens with one attached hydrogen (secondary N) is 1. The Hall–Kier alpha value is -1.37. The summed E-state index contributed by atoms with van der Waals surface area (Å²) in [7, 11) is -3.55. The van der Waals surface area contributed by atoms with Crippen LogP contribution in [0.2, 0.25) is 0 Å². The molecular weight excluding hydrogens is 292 g/mol. The first-order valence-corrected chi connectivity index (χ1v) is 8.62. The minimum atomic E-state index is -3.55. The third kappa shape index (κ3) is 3.03. The van der Waals surface area contributed by atoms with Gasteiger partial charge in [0.15, 0.2) is 0 Å². The van der Waals surface area contributed by atoms with Crippen molar-refractivity contribution in [1.82, 2.24) is 4.72 Å². The molecule has 20 heavy (non-hydrogen) atoms. The van der Waals surface area contributed by atoms with Crippen LogP contribution in [0.1, 0.15) is 22.3 Å². The van der Waals surface area contributed by atoms with Crippen molar-refractivity contribution in [3.63, 3.8) is 0 Å². The van der Waals surface area contributed by atoms with Gasteiger partial charge in [-0.15, -0.1) is 0 Å². The van der Waals surface area contributed by atoms with Gasteiger partial charge in [0.25, 0.3) is 0 Å². The maximum Gasteiger partial charge on any atom is 0.241 e. The predicted molar refractivity (Wildman–Crippen MR) is 83.4 cm³/mol. The molecule has 0 aliphatic heterocycles. The van der Waals surface area contributed by atoms with Crippen molar-refractivity contribution in [2.45, 2.75) is 32.2 Å². The smallest absolute Gasteiger partial charge is 0.241 e. The highest BCUT2D eigenvalue weighted by molar-refractivity contribution is 7.89. The molecule has 0 fully saturated rings. The molecule has 108 valence electrons. The molecule has 0 saturated heterocycles. The van der Waals surface area contributed by atoms with E-state index in [-0.39, 0.29) is 4.90 Å². The Kier molecular flexibility index (Phi) is 4.17. The molecule has 0 saturated carbocycles. The van der Waals surface area contributed by atoms with Crippen LogP contribution < -0.4 is 10.5 Å². The van der Waals surface area contributed by atoms with Crippen LogP contribution in [0.4, 0.5) is 5.69 Å². The Labute approximate surface area is 123 Å². The summed E-state index contributed by atoms with van der Waals surface area (Å²) in [6.07, 6.45) is 0. The van der Waals surface area contributed by atoms with Gasteiger partial charge in [-0.2, -0.15) is 11.3 Å². The standard InChI is InChI=1S/C14H18N2O2S2/c1-9-4-13(15)5-14(11(9)3)20(17,18)16-6-12-8-19-7-10(12)2/h4-5,7-8,16H,6,15H2,1-3H3. The molecule has 0 radical (unpaired) electrons. The first kappa shape index (κ1) is 15.0. The fourth-order valence-corrected chi connectivity index (χ4v) is 4.16. The number of benzene rings is 1. The van der Waals surface area contributed by atoms with Gasteiger partial charge >= 0.3 is 0 Å². The summed E-state index contributed by atoms with van der Waals surface area (Å²) in [5.41, 5.74) is 9.90. The van der Waals surface area contributed by atoms with Gasteiger partial charge in [-0.25, -0.2) is 13.1 Å². The van der Waals surface area contributed by atoms with Gasteiger partial charge in [0, 0.05) is 12.2 Å². The molecule has 0 aliphatic rings. The molecule has 0 spiro atoms. The maximum absolute atomic E-state index is 12.4. The van der Waals surface area contributed by atoms with E-state index in [0.717, 1.165) is 22.3 Å². The third-order valence-corrected chi connectivity index (χ3v) is 5.78. The number of hydrogen-bond donors (Lipinski definition) is 2. The van der Waals surface area contributed by atoms with E-state index in [1.54, 1.807) is 24.3 Å². The Morgan fingerprint density at radius 3 is 2.45 bits per heavy atom. The van der Waals surface area contributed by atoms with Crippen molar-refractivity contribution in [1.29, 1.82) is 0 Å². The molecule has 4 nitrogen and oxygen atoms in total. The summed E-state index contributed by atoms with van der Waals surface area (Å²) in [4.78, 5) is 0.253. The fourth-order valence-electron chi connectivity index (χ4n) is 1.95. The van der Waals surface area contributed by atoms with E-state index in [0.29, 0.717) is 12.2 Å².